The zero-order valence-corrected chi connectivity index (χ0v) is 15.0. The van der Waals surface area contributed by atoms with Gasteiger partial charge in [-0.3, -0.25) is 9.59 Å². The molecule has 0 saturated carbocycles. The van der Waals surface area contributed by atoms with E-state index in [0.29, 0.717) is 4.90 Å². The summed E-state index contributed by atoms with van der Waals surface area (Å²) in [4.78, 5) is 25.3. The predicted octanol–water partition coefficient (Wildman–Crippen LogP) is 4.86. The summed E-state index contributed by atoms with van der Waals surface area (Å²) in [5.41, 5.74) is 0.0709. The second-order valence-electron chi connectivity index (χ2n) is 5.09. The SMILES string of the molecule is O=C(c1ccccc1)c1cc(Cl)ccc1N(CC(F)(F)F)C(=O)CBr. The number of ketones is 1. The molecule has 3 nitrogen and oxygen atoms in total. The van der Waals surface area contributed by atoms with Crippen LogP contribution in [0.5, 0.6) is 0 Å². The van der Waals surface area contributed by atoms with E-state index in [0.717, 1.165) is 0 Å². The first-order valence-electron chi connectivity index (χ1n) is 7.05. The molecule has 0 radical (unpaired) electrons. The van der Waals surface area contributed by atoms with E-state index in [1.807, 2.05) is 0 Å². The van der Waals surface area contributed by atoms with Crippen LogP contribution < -0.4 is 4.90 Å². The van der Waals surface area contributed by atoms with Gasteiger partial charge in [0, 0.05) is 16.1 Å². The van der Waals surface area contributed by atoms with Crippen molar-refractivity contribution in [2.24, 2.45) is 0 Å². The van der Waals surface area contributed by atoms with Crippen molar-refractivity contribution in [2.75, 3.05) is 16.8 Å². The average molecular weight is 435 g/mol. The van der Waals surface area contributed by atoms with Gasteiger partial charge in [-0.1, -0.05) is 57.9 Å². The van der Waals surface area contributed by atoms with E-state index >= 15 is 0 Å². The van der Waals surface area contributed by atoms with Gasteiger partial charge >= 0.3 is 6.18 Å². The first-order chi connectivity index (χ1) is 11.7. The maximum atomic E-state index is 12.9. The molecule has 0 atom stereocenters. The van der Waals surface area contributed by atoms with Crippen LogP contribution in [0.4, 0.5) is 18.9 Å². The quantitative estimate of drug-likeness (QED) is 0.498. The highest BCUT2D eigenvalue weighted by molar-refractivity contribution is 9.09. The molecule has 0 aromatic heterocycles. The normalized spacial score (nSPS) is 11.2. The minimum atomic E-state index is -4.62. The Kier molecular flexibility index (Phi) is 6.24. The van der Waals surface area contributed by atoms with Crippen LogP contribution in [-0.4, -0.2) is 29.7 Å². The van der Waals surface area contributed by atoms with Gasteiger partial charge in [-0.05, 0) is 18.2 Å². The highest BCUT2D eigenvalue weighted by Crippen LogP contribution is 2.30. The van der Waals surface area contributed by atoms with Crippen LogP contribution in [0.15, 0.2) is 48.5 Å². The van der Waals surface area contributed by atoms with Gasteiger partial charge in [0.25, 0.3) is 0 Å². The van der Waals surface area contributed by atoms with Crippen molar-refractivity contribution in [3.05, 3.63) is 64.7 Å². The average Bonchev–Trinajstić information content (AvgIpc) is 2.58. The van der Waals surface area contributed by atoms with E-state index in [-0.39, 0.29) is 27.2 Å². The van der Waals surface area contributed by atoms with Gasteiger partial charge in [-0.15, -0.1) is 0 Å². The maximum absolute atomic E-state index is 12.9. The van der Waals surface area contributed by atoms with E-state index in [1.54, 1.807) is 18.2 Å². The number of carbonyl (C=O) groups is 2. The number of benzene rings is 2. The molecule has 2 rings (SSSR count). The number of nitrogens with zero attached hydrogens (tertiary/aromatic N) is 1. The number of alkyl halides is 4. The van der Waals surface area contributed by atoms with Crippen LogP contribution in [0.3, 0.4) is 0 Å². The van der Waals surface area contributed by atoms with Gasteiger partial charge in [0.05, 0.1) is 11.0 Å². The number of carbonyl (C=O) groups excluding carboxylic acids is 2. The molecule has 0 heterocycles. The molecule has 0 N–H and O–H groups in total. The number of hydrogen-bond donors (Lipinski definition) is 0. The minimum Gasteiger partial charge on any atom is -0.302 e. The third kappa shape index (κ3) is 5.06. The summed E-state index contributed by atoms with van der Waals surface area (Å²) in [5, 5.41) is -0.133. The van der Waals surface area contributed by atoms with E-state index in [4.69, 9.17) is 11.6 Å². The van der Waals surface area contributed by atoms with Gasteiger partial charge in [-0.2, -0.15) is 13.2 Å². The summed E-state index contributed by atoms with van der Waals surface area (Å²) < 4.78 is 38.7. The Balaban J connectivity index is 2.56. The molecule has 0 saturated heterocycles. The summed E-state index contributed by atoms with van der Waals surface area (Å²) in [7, 11) is 0. The van der Waals surface area contributed by atoms with E-state index < -0.39 is 24.4 Å². The van der Waals surface area contributed by atoms with Crippen molar-refractivity contribution in [1.29, 1.82) is 0 Å². The lowest BCUT2D eigenvalue weighted by Crippen LogP contribution is -2.40. The summed E-state index contributed by atoms with van der Waals surface area (Å²) in [6.07, 6.45) is -4.62. The van der Waals surface area contributed by atoms with Crippen LogP contribution in [-0.2, 0) is 4.79 Å². The lowest BCUT2D eigenvalue weighted by atomic mass is 10.0. The monoisotopic (exact) mass is 433 g/mol. The second kappa shape index (κ2) is 8.01. The molecular formula is C17H12BrClF3NO2. The molecule has 0 aliphatic rings. The molecule has 0 bridgehead atoms. The molecule has 2 aromatic carbocycles. The lowest BCUT2D eigenvalue weighted by molar-refractivity contribution is -0.131. The Morgan fingerprint density at radius 3 is 2.28 bits per heavy atom. The van der Waals surface area contributed by atoms with E-state index in [1.165, 1.54) is 30.3 Å². The molecule has 8 heteroatoms. The molecule has 0 aliphatic heterocycles. The Labute approximate surface area is 155 Å². The fraction of sp³-hybridized carbons (Fsp3) is 0.176. The van der Waals surface area contributed by atoms with Crippen molar-refractivity contribution in [1.82, 2.24) is 0 Å². The second-order valence-corrected chi connectivity index (χ2v) is 6.08. The minimum absolute atomic E-state index is 0.0720. The molecule has 0 unspecified atom stereocenters. The topological polar surface area (TPSA) is 37.4 Å². The zero-order chi connectivity index (χ0) is 18.6. The van der Waals surface area contributed by atoms with Crippen molar-refractivity contribution in [3.8, 4) is 0 Å². The summed E-state index contributed by atoms with van der Waals surface area (Å²) in [5.74, 6) is -1.34. The molecule has 0 fully saturated rings. The standard InChI is InChI=1S/C17H12BrClF3NO2/c18-9-15(24)23(10-17(20,21)22)14-7-6-12(19)8-13(14)16(25)11-4-2-1-3-5-11/h1-8H,9-10H2. The van der Waals surface area contributed by atoms with E-state index in [9.17, 15) is 22.8 Å². The van der Waals surface area contributed by atoms with Gasteiger partial charge in [0.2, 0.25) is 5.91 Å². The zero-order valence-electron chi connectivity index (χ0n) is 12.7. The molecule has 25 heavy (non-hydrogen) atoms. The van der Waals surface area contributed by atoms with Gasteiger partial charge in [0.1, 0.15) is 6.54 Å². The molecule has 1 amide bonds. The van der Waals surface area contributed by atoms with Gasteiger partial charge in [-0.25, -0.2) is 0 Å². The first-order valence-corrected chi connectivity index (χ1v) is 8.55. The van der Waals surface area contributed by atoms with Crippen LogP contribution >= 0.6 is 27.5 Å². The lowest BCUT2D eigenvalue weighted by Gasteiger charge is -2.25. The van der Waals surface area contributed by atoms with Crippen LogP contribution in [0, 0.1) is 0 Å². The fourth-order valence-corrected chi connectivity index (χ4v) is 2.70. The Bertz CT molecular complexity index is 781. The first kappa shape index (κ1) is 19.5. The fourth-order valence-electron chi connectivity index (χ4n) is 2.23. The van der Waals surface area contributed by atoms with Gasteiger partial charge < -0.3 is 4.90 Å². The van der Waals surface area contributed by atoms with Gasteiger partial charge in [0.15, 0.2) is 5.78 Å². The third-order valence-electron chi connectivity index (χ3n) is 3.28. The predicted molar refractivity (Wildman–Crippen MR) is 93.5 cm³/mol. The van der Waals surface area contributed by atoms with E-state index in [2.05, 4.69) is 15.9 Å². The largest absolute Gasteiger partial charge is 0.406 e. The molecule has 132 valence electrons. The summed E-state index contributed by atoms with van der Waals surface area (Å²) in [6, 6.07) is 11.9. The maximum Gasteiger partial charge on any atom is 0.406 e. The number of hydrogen-bond acceptors (Lipinski definition) is 2. The highest BCUT2D eigenvalue weighted by Gasteiger charge is 2.35. The molecule has 0 aliphatic carbocycles. The number of amides is 1. The number of anilines is 1. The van der Waals surface area contributed by atoms with Crippen LogP contribution in [0.1, 0.15) is 15.9 Å². The van der Waals surface area contributed by atoms with Crippen molar-refractivity contribution in [2.45, 2.75) is 6.18 Å². The molecule has 2 aromatic rings. The van der Waals surface area contributed by atoms with Crippen molar-refractivity contribution >= 4 is 44.9 Å². The highest BCUT2D eigenvalue weighted by atomic mass is 79.9. The van der Waals surface area contributed by atoms with Crippen LogP contribution in [0.25, 0.3) is 0 Å². The number of halogens is 5. The molecule has 0 spiro atoms. The Morgan fingerprint density at radius 2 is 1.72 bits per heavy atom. The van der Waals surface area contributed by atoms with Crippen molar-refractivity contribution in [3.63, 3.8) is 0 Å². The Morgan fingerprint density at radius 1 is 1.08 bits per heavy atom. The molecular weight excluding hydrogens is 423 g/mol. The third-order valence-corrected chi connectivity index (χ3v) is 4.00. The summed E-state index contributed by atoms with van der Waals surface area (Å²) >= 11 is 8.78. The summed E-state index contributed by atoms with van der Waals surface area (Å²) in [6.45, 7) is -1.51. The van der Waals surface area contributed by atoms with Crippen LogP contribution in [0.2, 0.25) is 5.02 Å². The number of rotatable bonds is 5. The smallest absolute Gasteiger partial charge is 0.302 e. The van der Waals surface area contributed by atoms with Crippen molar-refractivity contribution < 1.29 is 22.8 Å². The Hall–Kier alpha value is -1.86.